The summed E-state index contributed by atoms with van der Waals surface area (Å²) < 4.78 is 4.99. The molecule has 0 aromatic carbocycles. The van der Waals surface area contributed by atoms with E-state index in [4.69, 9.17) is 4.74 Å². The summed E-state index contributed by atoms with van der Waals surface area (Å²) in [5.41, 5.74) is 0. The lowest BCUT2D eigenvalue weighted by atomic mass is 10.2. The number of hydrogen-bond donors (Lipinski definition) is 0. The summed E-state index contributed by atoms with van der Waals surface area (Å²) in [6.07, 6.45) is 1.55. The molecular formula is C12H19NO2S. The lowest BCUT2D eigenvalue weighted by Crippen LogP contribution is -2.24. The van der Waals surface area contributed by atoms with E-state index in [0.29, 0.717) is 6.42 Å². The molecule has 1 aromatic rings. The van der Waals surface area contributed by atoms with Crippen LogP contribution in [0.5, 0.6) is 0 Å². The molecule has 0 unspecified atom stereocenters. The summed E-state index contributed by atoms with van der Waals surface area (Å²) in [5, 5.41) is 1.94. The average Bonchev–Trinajstić information content (AvgIpc) is 2.79. The Morgan fingerprint density at radius 2 is 2.31 bits per heavy atom. The van der Waals surface area contributed by atoms with Crippen LogP contribution in [0.4, 0.5) is 0 Å². The molecule has 0 fully saturated rings. The van der Waals surface area contributed by atoms with Crippen molar-refractivity contribution in [3.05, 3.63) is 22.4 Å². The van der Waals surface area contributed by atoms with Crippen LogP contribution in [-0.4, -0.2) is 44.5 Å². The molecule has 1 heterocycles. The van der Waals surface area contributed by atoms with Crippen molar-refractivity contribution in [3.63, 3.8) is 0 Å². The standard InChI is InChI=1S/C12H19NO2S/c1-13(8-9-15-2)7-3-5-11(14)12-6-4-10-16-12/h4,6,10H,3,5,7-9H2,1-2H3. The number of ether oxygens (including phenoxy) is 1. The normalized spacial score (nSPS) is 10.9. The van der Waals surface area contributed by atoms with Crippen molar-refractivity contribution in [1.29, 1.82) is 0 Å². The largest absolute Gasteiger partial charge is 0.383 e. The zero-order valence-corrected chi connectivity index (χ0v) is 10.8. The second-order valence-corrected chi connectivity index (χ2v) is 4.75. The predicted molar refractivity (Wildman–Crippen MR) is 67.3 cm³/mol. The highest BCUT2D eigenvalue weighted by Crippen LogP contribution is 2.12. The molecule has 1 aromatic heterocycles. The minimum absolute atomic E-state index is 0.259. The van der Waals surface area contributed by atoms with Gasteiger partial charge in [-0.25, -0.2) is 0 Å². The summed E-state index contributed by atoms with van der Waals surface area (Å²) in [4.78, 5) is 14.7. The Labute approximate surface area is 101 Å². The molecule has 3 nitrogen and oxygen atoms in total. The topological polar surface area (TPSA) is 29.5 Å². The van der Waals surface area contributed by atoms with Gasteiger partial charge in [0.25, 0.3) is 0 Å². The Kier molecular flexibility index (Phi) is 6.30. The zero-order valence-electron chi connectivity index (χ0n) is 9.94. The zero-order chi connectivity index (χ0) is 11.8. The van der Waals surface area contributed by atoms with Gasteiger partial charge in [-0.15, -0.1) is 11.3 Å². The molecule has 16 heavy (non-hydrogen) atoms. The Morgan fingerprint density at radius 1 is 1.50 bits per heavy atom. The molecule has 0 amide bonds. The molecule has 90 valence electrons. The van der Waals surface area contributed by atoms with Crippen LogP contribution in [0.1, 0.15) is 22.5 Å². The van der Waals surface area contributed by atoms with Crippen molar-refractivity contribution in [2.24, 2.45) is 0 Å². The maximum Gasteiger partial charge on any atom is 0.172 e. The lowest BCUT2D eigenvalue weighted by molar-refractivity contribution is 0.0978. The van der Waals surface area contributed by atoms with E-state index in [1.165, 1.54) is 11.3 Å². The summed E-state index contributed by atoms with van der Waals surface area (Å²) in [6.45, 7) is 2.61. The van der Waals surface area contributed by atoms with Gasteiger partial charge in [-0.3, -0.25) is 4.79 Å². The van der Waals surface area contributed by atoms with Crippen LogP contribution in [0.15, 0.2) is 17.5 Å². The highest BCUT2D eigenvalue weighted by atomic mass is 32.1. The van der Waals surface area contributed by atoms with E-state index in [1.54, 1.807) is 7.11 Å². The molecule has 0 aliphatic carbocycles. The van der Waals surface area contributed by atoms with Crippen LogP contribution in [-0.2, 0) is 4.74 Å². The summed E-state index contributed by atoms with van der Waals surface area (Å²) >= 11 is 1.52. The Bertz CT molecular complexity index is 298. The molecule has 0 N–H and O–H groups in total. The second kappa shape index (κ2) is 7.54. The number of ketones is 1. The number of carbonyl (C=O) groups excluding carboxylic acids is 1. The van der Waals surface area contributed by atoms with Gasteiger partial charge >= 0.3 is 0 Å². The van der Waals surface area contributed by atoms with Crippen LogP contribution in [0.25, 0.3) is 0 Å². The van der Waals surface area contributed by atoms with E-state index < -0.39 is 0 Å². The Hall–Kier alpha value is -0.710. The quantitative estimate of drug-likeness (QED) is 0.654. The monoisotopic (exact) mass is 241 g/mol. The molecule has 1 rings (SSSR count). The predicted octanol–water partition coefficient (Wildman–Crippen LogP) is 2.29. The van der Waals surface area contributed by atoms with Gasteiger partial charge in [-0.1, -0.05) is 6.07 Å². The van der Waals surface area contributed by atoms with Gasteiger partial charge in [0, 0.05) is 20.1 Å². The van der Waals surface area contributed by atoms with Crippen LogP contribution in [0.2, 0.25) is 0 Å². The van der Waals surface area contributed by atoms with Gasteiger partial charge in [0.15, 0.2) is 5.78 Å². The molecular weight excluding hydrogens is 222 g/mol. The van der Waals surface area contributed by atoms with Crippen LogP contribution in [0, 0.1) is 0 Å². The number of carbonyl (C=O) groups is 1. The van der Waals surface area contributed by atoms with Crippen molar-refractivity contribution in [3.8, 4) is 0 Å². The van der Waals surface area contributed by atoms with Crippen LogP contribution < -0.4 is 0 Å². The number of thiophene rings is 1. The first kappa shape index (κ1) is 13.4. The first-order chi connectivity index (χ1) is 7.74. The number of rotatable bonds is 8. The Balaban J connectivity index is 2.13. The second-order valence-electron chi connectivity index (χ2n) is 3.80. The van der Waals surface area contributed by atoms with Gasteiger partial charge in [0.05, 0.1) is 11.5 Å². The van der Waals surface area contributed by atoms with Crippen molar-refractivity contribution in [1.82, 2.24) is 4.90 Å². The molecule has 4 heteroatoms. The maximum atomic E-state index is 11.7. The number of Topliss-reactive ketones (excluding diaryl/α,β-unsaturated/α-hetero) is 1. The summed E-state index contributed by atoms with van der Waals surface area (Å²) in [7, 11) is 3.75. The third-order valence-corrected chi connectivity index (χ3v) is 3.33. The van der Waals surface area contributed by atoms with Crippen LogP contribution >= 0.6 is 11.3 Å². The molecule has 0 spiro atoms. The van der Waals surface area contributed by atoms with Gasteiger partial charge < -0.3 is 9.64 Å². The Morgan fingerprint density at radius 3 is 2.94 bits per heavy atom. The fourth-order valence-electron chi connectivity index (χ4n) is 1.43. The highest BCUT2D eigenvalue weighted by Gasteiger charge is 2.06. The van der Waals surface area contributed by atoms with E-state index in [-0.39, 0.29) is 5.78 Å². The average molecular weight is 241 g/mol. The third kappa shape index (κ3) is 4.88. The van der Waals surface area contributed by atoms with Crippen molar-refractivity contribution < 1.29 is 9.53 Å². The molecule has 0 bridgehead atoms. The minimum Gasteiger partial charge on any atom is -0.383 e. The summed E-state index contributed by atoms with van der Waals surface area (Å²) in [6, 6.07) is 3.81. The van der Waals surface area contributed by atoms with E-state index in [2.05, 4.69) is 11.9 Å². The molecule has 0 saturated heterocycles. The minimum atomic E-state index is 0.259. The first-order valence-corrected chi connectivity index (χ1v) is 6.36. The van der Waals surface area contributed by atoms with E-state index in [9.17, 15) is 4.79 Å². The molecule has 0 aliphatic heterocycles. The fourth-order valence-corrected chi connectivity index (χ4v) is 2.12. The number of hydrogen-bond acceptors (Lipinski definition) is 4. The fraction of sp³-hybridized carbons (Fsp3) is 0.583. The highest BCUT2D eigenvalue weighted by molar-refractivity contribution is 7.12. The molecule has 0 atom stereocenters. The lowest BCUT2D eigenvalue weighted by Gasteiger charge is -2.15. The maximum absolute atomic E-state index is 11.7. The molecule has 0 radical (unpaired) electrons. The molecule has 0 aliphatic rings. The molecule has 0 saturated carbocycles. The number of likely N-dealkylation sites (N-methyl/N-ethyl adjacent to an activating group) is 1. The first-order valence-electron chi connectivity index (χ1n) is 5.48. The summed E-state index contributed by atoms with van der Waals surface area (Å²) in [5.74, 6) is 0.259. The van der Waals surface area contributed by atoms with E-state index in [1.807, 2.05) is 17.5 Å². The SMILES string of the molecule is COCCN(C)CCCC(=O)c1cccs1. The van der Waals surface area contributed by atoms with Gasteiger partial charge in [0.1, 0.15) is 0 Å². The van der Waals surface area contributed by atoms with Crippen molar-refractivity contribution >= 4 is 17.1 Å². The number of methoxy groups -OCH3 is 1. The smallest absolute Gasteiger partial charge is 0.172 e. The van der Waals surface area contributed by atoms with Crippen molar-refractivity contribution in [2.45, 2.75) is 12.8 Å². The number of nitrogens with zero attached hydrogens (tertiary/aromatic N) is 1. The van der Waals surface area contributed by atoms with Gasteiger partial charge in [-0.05, 0) is 31.5 Å². The van der Waals surface area contributed by atoms with Gasteiger partial charge in [-0.2, -0.15) is 0 Å². The van der Waals surface area contributed by atoms with E-state index in [0.717, 1.165) is 31.0 Å². The van der Waals surface area contributed by atoms with E-state index >= 15 is 0 Å². The van der Waals surface area contributed by atoms with Gasteiger partial charge in [0.2, 0.25) is 0 Å². The third-order valence-electron chi connectivity index (χ3n) is 2.42. The van der Waals surface area contributed by atoms with Crippen molar-refractivity contribution in [2.75, 3.05) is 33.9 Å². The van der Waals surface area contributed by atoms with Crippen LogP contribution in [0.3, 0.4) is 0 Å².